The smallest absolute Gasteiger partial charge is 0.217 e. The van der Waals surface area contributed by atoms with Gasteiger partial charge in [0.15, 0.2) is 5.78 Å². The van der Waals surface area contributed by atoms with E-state index < -0.39 is 17.1 Å². The fourth-order valence-electron chi connectivity index (χ4n) is 5.40. The highest BCUT2D eigenvalue weighted by Gasteiger charge is 2.66. The molecule has 1 aliphatic heterocycles. The van der Waals surface area contributed by atoms with Crippen LogP contribution in [-0.4, -0.2) is 58.1 Å². The Bertz CT molecular complexity index is 764. The Hall–Kier alpha value is -1.92. The molecule has 4 rings (SSSR count). The second-order valence-electron chi connectivity index (χ2n) is 7.90. The highest BCUT2D eigenvalue weighted by atomic mass is 16.3. The van der Waals surface area contributed by atoms with Gasteiger partial charge in [-0.1, -0.05) is 6.07 Å². The Morgan fingerprint density at radius 2 is 2.16 bits per heavy atom. The third kappa shape index (κ3) is 2.17. The number of phenols is 1. The number of benzene rings is 1. The molecule has 134 valence electrons. The van der Waals surface area contributed by atoms with E-state index in [1.165, 1.54) is 6.92 Å². The number of rotatable bonds is 1. The molecule has 2 aliphatic carbocycles. The number of ketones is 1. The molecule has 1 amide bonds. The molecule has 6 nitrogen and oxygen atoms in total. The van der Waals surface area contributed by atoms with Crippen molar-refractivity contribution >= 4 is 11.7 Å². The summed E-state index contributed by atoms with van der Waals surface area (Å²) in [6.45, 7) is 2.18. The fourth-order valence-corrected chi connectivity index (χ4v) is 5.40. The van der Waals surface area contributed by atoms with Crippen LogP contribution < -0.4 is 5.32 Å². The standard InChI is InChI=1S/C19H24N2O4/c1-11(22)20-15-9-19(25)17-7-12-3-4-13(23)8-14(12)18(19,10-16(15)24)5-6-21(17)2/h3-4,8,15,17,23,25H,5-7,9-10H2,1-2H3,(H,20,22). The molecule has 0 spiro atoms. The van der Waals surface area contributed by atoms with Gasteiger partial charge in [0.25, 0.3) is 0 Å². The molecule has 1 heterocycles. The van der Waals surface area contributed by atoms with E-state index in [9.17, 15) is 19.8 Å². The van der Waals surface area contributed by atoms with Gasteiger partial charge >= 0.3 is 0 Å². The predicted molar refractivity (Wildman–Crippen MR) is 91.3 cm³/mol. The predicted octanol–water partition coefficient (Wildman–Crippen LogP) is 0.489. The molecule has 3 aliphatic rings. The van der Waals surface area contributed by atoms with E-state index in [2.05, 4.69) is 10.2 Å². The average molecular weight is 344 g/mol. The lowest BCUT2D eigenvalue weighted by Crippen LogP contribution is -2.75. The van der Waals surface area contributed by atoms with Crippen molar-refractivity contribution in [1.82, 2.24) is 10.2 Å². The van der Waals surface area contributed by atoms with Crippen molar-refractivity contribution in [3.8, 4) is 5.75 Å². The van der Waals surface area contributed by atoms with Gasteiger partial charge in [0.05, 0.1) is 11.6 Å². The fraction of sp³-hybridized carbons (Fsp3) is 0.579. The minimum absolute atomic E-state index is 0.0422. The van der Waals surface area contributed by atoms with Gasteiger partial charge in [0.1, 0.15) is 5.75 Å². The first-order valence-electron chi connectivity index (χ1n) is 8.82. The lowest BCUT2D eigenvalue weighted by Gasteiger charge is -2.63. The number of hydrogen-bond acceptors (Lipinski definition) is 5. The van der Waals surface area contributed by atoms with Gasteiger partial charge in [-0.3, -0.25) is 9.59 Å². The van der Waals surface area contributed by atoms with Crippen molar-refractivity contribution in [2.75, 3.05) is 13.6 Å². The summed E-state index contributed by atoms with van der Waals surface area (Å²) in [6.07, 6.45) is 1.74. The van der Waals surface area contributed by atoms with Crippen LogP contribution in [0, 0.1) is 0 Å². The lowest BCUT2D eigenvalue weighted by atomic mass is 9.48. The highest BCUT2D eigenvalue weighted by Crippen LogP contribution is 2.57. The number of aromatic hydroxyl groups is 1. The van der Waals surface area contributed by atoms with Crippen molar-refractivity contribution in [2.24, 2.45) is 0 Å². The molecule has 1 saturated carbocycles. The molecule has 3 N–H and O–H groups in total. The number of piperidine rings is 1. The summed E-state index contributed by atoms with van der Waals surface area (Å²) in [6, 6.07) is 4.53. The van der Waals surface area contributed by atoms with E-state index in [0.717, 1.165) is 17.7 Å². The third-order valence-electron chi connectivity index (χ3n) is 6.58. The Kier molecular flexibility index (Phi) is 3.50. The quantitative estimate of drug-likeness (QED) is 0.690. The van der Waals surface area contributed by atoms with Crippen LogP contribution in [0.2, 0.25) is 0 Å². The minimum Gasteiger partial charge on any atom is -0.508 e. The molecule has 1 aromatic carbocycles. The Labute approximate surface area is 146 Å². The van der Waals surface area contributed by atoms with E-state index in [4.69, 9.17) is 0 Å². The van der Waals surface area contributed by atoms with Crippen LogP contribution in [0.5, 0.6) is 5.75 Å². The van der Waals surface area contributed by atoms with Gasteiger partial charge in [-0.25, -0.2) is 0 Å². The molecule has 0 radical (unpaired) electrons. The molecule has 2 fully saturated rings. The SMILES string of the molecule is CC(=O)NC1CC2(O)C3Cc4ccc(O)cc4C2(CCN3C)CC1=O. The third-order valence-corrected chi connectivity index (χ3v) is 6.58. The van der Waals surface area contributed by atoms with Gasteiger partial charge in [-0.2, -0.15) is 0 Å². The minimum atomic E-state index is -1.11. The number of fused-ring (bicyclic) bond motifs is 1. The molecule has 2 bridgehead atoms. The summed E-state index contributed by atoms with van der Waals surface area (Å²) in [5.41, 5.74) is 0.184. The number of likely N-dealkylation sites (N-methyl/N-ethyl adjacent to an activating group) is 1. The zero-order valence-electron chi connectivity index (χ0n) is 14.6. The number of carbonyl (C=O) groups excluding carboxylic acids is 2. The summed E-state index contributed by atoms with van der Waals surface area (Å²) < 4.78 is 0. The van der Waals surface area contributed by atoms with Gasteiger partial charge in [-0.15, -0.1) is 0 Å². The Morgan fingerprint density at radius 3 is 2.88 bits per heavy atom. The molecule has 6 heteroatoms. The number of hydrogen-bond donors (Lipinski definition) is 3. The number of Topliss-reactive ketones (excluding diaryl/α,β-unsaturated/α-hetero) is 1. The second kappa shape index (κ2) is 5.29. The summed E-state index contributed by atoms with van der Waals surface area (Å²) in [4.78, 5) is 26.4. The summed E-state index contributed by atoms with van der Waals surface area (Å²) in [7, 11) is 2.00. The second-order valence-corrected chi connectivity index (χ2v) is 7.90. The number of likely N-dealkylation sites (tertiary alicyclic amines) is 1. The molecule has 1 saturated heterocycles. The zero-order chi connectivity index (χ0) is 18.0. The van der Waals surface area contributed by atoms with Crippen molar-refractivity contribution in [3.05, 3.63) is 29.3 Å². The number of phenolic OH excluding ortho intramolecular Hbond substituents is 1. The summed E-state index contributed by atoms with van der Waals surface area (Å²) >= 11 is 0. The highest BCUT2D eigenvalue weighted by molar-refractivity contribution is 5.91. The maximum absolute atomic E-state index is 12.8. The molecule has 4 unspecified atom stereocenters. The van der Waals surface area contributed by atoms with Gasteiger partial charge < -0.3 is 20.4 Å². The number of nitrogens with one attached hydrogen (secondary N) is 1. The molecular formula is C19H24N2O4. The number of aliphatic hydroxyl groups is 1. The van der Waals surface area contributed by atoms with Crippen molar-refractivity contribution < 1.29 is 19.8 Å². The van der Waals surface area contributed by atoms with Crippen LogP contribution >= 0.6 is 0 Å². The first kappa shape index (κ1) is 16.5. The summed E-state index contributed by atoms with van der Waals surface area (Å²) in [5, 5.41) is 24.6. The van der Waals surface area contributed by atoms with E-state index in [0.29, 0.717) is 12.8 Å². The van der Waals surface area contributed by atoms with E-state index in [1.807, 2.05) is 13.1 Å². The van der Waals surface area contributed by atoms with Crippen LogP contribution in [0.4, 0.5) is 0 Å². The molecule has 4 atom stereocenters. The first-order valence-corrected chi connectivity index (χ1v) is 8.82. The number of amides is 1. The van der Waals surface area contributed by atoms with Crippen LogP contribution in [0.1, 0.15) is 37.3 Å². The van der Waals surface area contributed by atoms with Gasteiger partial charge in [0, 0.05) is 31.2 Å². The van der Waals surface area contributed by atoms with Gasteiger partial charge in [-0.05, 0) is 49.7 Å². The summed E-state index contributed by atoms with van der Waals surface area (Å²) in [5.74, 6) is -0.145. The molecular weight excluding hydrogens is 320 g/mol. The molecule has 25 heavy (non-hydrogen) atoms. The van der Waals surface area contributed by atoms with E-state index in [1.54, 1.807) is 12.1 Å². The Morgan fingerprint density at radius 1 is 1.40 bits per heavy atom. The average Bonchev–Trinajstić information content (AvgIpc) is 2.52. The lowest BCUT2D eigenvalue weighted by molar-refractivity contribution is -0.174. The van der Waals surface area contributed by atoms with Crippen LogP contribution in [0.15, 0.2) is 18.2 Å². The maximum Gasteiger partial charge on any atom is 0.217 e. The van der Waals surface area contributed by atoms with Crippen LogP contribution in [0.25, 0.3) is 0 Å². The topological polar surface area (TPSA) is 89.9 Å². The Balaban J connectivity index is 1.87. The zero-order valence-corrected chi connectivity index (χ0v) is 14.6. The number of nitrogens with zero attached hydrogens (tertiary/aromatic N) is 1. The van der Waals surface area contributed by atoms with Crippen LogP contribution in [0.3, 0.4) is 0 Å². The van der Waals surface area contributed by atoms with E-state index >= 15 is 0 Å². The largest absolute Gasteiger partial charge is 0.508 e. The molecule has 1 aromatic rings. The van der Waals surface area contributed by atoms with Crippen molar-refractivity contribution in [2.45, 2.75) is 55.7 Å². The monoisotopic (exact) mass is 344 g/mol. The van der Waals surface area contributed by atoms with Gasteiger partial charge in [0.2, 0.25) is 5.91 Å². The van der Waals surface area contributed by atoms with Crippen molar-refractivity contribution in [3.63, 3.8) is 0 Å². The maximum atomic E-state index is 12.8. The first-order chi connectivity index (χ1) is 11.8. The normalized spacial score (nSPS) is 37.2. The molecule has 0 aromatic heterocycles. The number of carbonyl (C=O) groups is 2. The van der Waals surface area contributed by atoms with Crippen LogP contribution in [-0.2, 0) is 21.4 Å². The van der Waals surface area contributed by atoms with Crippen molar-refractivity contribution in [1.29, 1.82) is 0 Å². The van der Waals surface area contributed by atoms with E-state index in [-0.39, 0.29) is 36.3 Å².